The Labute approximate surface area is 107 Å². The van der Waals surface area contributed by atoms with Gasteiger partial charge in [0.25, 0.3) is 0 Å². The number of halogens is 5. The number of aromatic hydroxyl groups is 1. The lowest BCUT2D eigenvalue weighted by atomic mass is 10.0. The summed E-state index contributed by atoms with van der Waals surface area (Å²) in [5.41, 5.74) is 5.45. The average molecular weight is 363 g/mol. The van der Waals surface area contributed by atoms with Crippen LogP contribution in [0.5, 0.6) is 5.75 Å². The van der Waals surface area contributed by atoms with Gasteiger partial charge in [0.1, 0.15) is 5.75 Å². The highest BCUT2D eigenvalue weighted by Gasteiger charge is 2.32. The van der Waals surface area contributed by atoms with Crippen molar-refractivity contribution in [1.82, 2.24) is 0 Å². The van der Waals surface area contributed by atoms with Gasteiger partial charge in [-0.05, 0) is 28.1 Å². The Kier molecular flexibility index (Phi) is 4.25. The summed E-state index contributed by atoms with van der Waals surface area (Å²) in [6.45, 7) is 0. The number of nitrogens with two attached hydrogens (primary N) is 1. The maximum Gasteiger partial charge on any atom is 0.390 e. The first-order valence-corrected chi connectivity index (χ1v) is 5.79. The first kappa shape index (κ1) is 13.8. The topological polar surface area (TPSA) is 46.2 Å². The van der Waals surface area contributed by atoms with Crippen LogP contribution >= 0.6 is 31.9 Å². The van der Waals surface area contributed by atoms with Crippen LogP contribution in [0.15, 0.2) is 21.1 Å². The molecule has 0 spiro atoms. The van der Waals surface area contributed by atoms with Crippen LogP contribution in [0.3, 0.4) is 0 Å². The van der Waals surface area contributed by atoms with E-state index in [1.54, 1.807) is 0 Å². The van der Waals surface area contributed by atoms with Crippen LogP contribution in [0.25, 0.3) is 0 Å². The quantitative estimate of drug-likeness (QED) is 0.838. The number of alkyl halides is 3. The maximum absolute atomic E-state index is 12.1. The van der Waals surface area contributed by atoms with E-state index in [4.69, 9.17) is 5.73 Å². The van der Waals surface area contributed by atoms with Crippen LogP contribution in [0.2, 0.25) is 0 Å². The first-order valence-electron chi connectivity index (χ1n) is 4.21. The van der Waals surface area contributed by atoms with Gasteiger partial charge in [0.15, 0.2) is 0 Å². The molecule has 0 bridgehead atoms. The molecular weight excluding hydrogens is 355 g/mol. The Hall–Kier alpha value is -0.270. The van der Waals surface area contributed by atoms with Crippen LogP contribution in [0, 0.1) is 0 Å². The van der Waals surface area contributed by atoms with Crippen molar-refractivity contribution in [2.45, 2.75) is 18.6 Å². The molecule has 7 heteroatoms. The maximum atomic E-state index is 12.1. The molecule has 0 aliphatic carbocycles. The molecule has 1 aromatic carbocycles. The number of rotatable bonds is 2. The van der Waals surface area contributed by atoms with E-state index < -0.39 is 18.6 Å². The third kappa shape index (κ3) is 3.64. The second kappa shape index (κ2) is 4.93. The molecule has 16 heavy (non-hydrogen) atoms. The van der Waals surface area contributed by atoms with E-state index >= 15 is 0 Å². The molecule has 0 fully saturated rings. The lowest BCUT2D eigenvalue weighted by Gasteiger charge is -2.16. The Morgan fingerprint density at radius 2 is 1.88 bits per heavy atom. The van der Waals surface area contributed by atoms with E-state index in [0.29, 0.717) is 8.95 Å². The van der Waals surface area contributed by atoms with Crippen molar-refractivity contribution in [3.05, 3.63) is 26.6 Å². The predicted octanol–water partition coefficient (Wildman–Crippen LogP) is 3.87. The molecule has 0 saturated heterocycles. The summed E-state index contributed by atoms with van der Waals surface area (Å²) < 4.78 is 37.3. The molecule has 0 saturated carbocycles. The highest BCUT2D eigenvalue weighted by molar-refractivity contribution is 9.11. The largest absolute Gasteiger partial charge is 0.506 e. The van der Waals surface area contributed by atoms with Gasteiger partial charge in [0.2, 0.25) is 0 Å². The highest BCUT2D eigenvalue weighted by atomic mass is 79.9. The fourth-order valence-corrected chi connectivity index (χ4v) is 2.49. The van der Waals surface area contributed by atoms with Gasteiger partial charge in [0.05, 0.1) is 10.9 Å². The first-order chi connectivity index (χ1) is 7.20. The van der Waals surface area contributed by atoms with Crippen molar-refractivity contribution in [1.29, 1.82) is 0 Å². The molecule has 1 atom stereocenters. The van der Waals surface area contributed by atoms with E-state index in [0.717, 1.165) is 0 Å². The van der Waals surface area contributed by atoms with Crippen LogP contribution < -0.4 is 5.73 Å². The summed E-state index contributed by atoms with van der Waals surface area (Å²) in [6.07, 6.45) is -5.54. The normalized spacial score (nSPS) is 13.9. The van der Waals surface area contributed by atoms with E-state index in [-0.39, 0.29) is 11.3 Å². The van der Waals surface area contributed by atoms with Gasteiger partial charge in [-0.15, -0.1) is 0 Å². The molecule has 0 unspecified atom stereocenters. The molecule has 0 aliphatic rings. The third-order valence-corrected chi connectivity index (χ3v) is 2.97. The molecule has 0 amide bonds. The van der Waals surface area contributed by atoms with Crippen molar-refractivity contribution in [2.24, 2.45) is 5.73 Å². The monoisotopic (exact) mass is 361 g/mol. The number of phenols is 1. The highest BCUT2D eigenvalue weighted by Crippen LogP contribution is 2.38. The number of hydrogen-bond acceptors (Lipinski definition) is 2. The zero-order valence-electron chi connectivity index (χ0n) is 7.85. The van der Waals surface area contributed by atoms with E-state index in [9.17, 15) is 18.3 Å². The van der Waals surface area contributed by atoms with Crippen LogP contribution in [0.1, 0.15) is 18.0 Å². The minimum atomic E-state index is -4.36. The molecular formula is C9H8Br2F3NO. The minimum Gasteiger partial charge on any atom is -0.506 e. The SMILES string of the molecule is N[C@@H](CC(F)(F)F)c1cc(Br)cc(Br)c1O. The van der Waals surface area contributed by atoms with Gasteiger partial charge in [0, 0.05) is 16.1 Å². The standard InChI is InChI=1S/C9H8Br2F3NO/c10-4-1-5(8(16)6(11)2-4)7(15)3-9(12,13)14/h1-2,7,16H,3,15H2/t7-/m0/s1. The summed E-state index contributed by atoms with van der Waals surface area (Å²) in [5, 5.41) is 9.57. The number of benzene rings is 1. The van der Waals surface area contributed by atoms with E-state index in [2.05, 4.69) is 31.9 Å². The lowest BCUT2D eigenvalue weighted by molar-refractivity contribution is -0.138. The Morgan fingerprint density at radius 3 is 2.38 bits per heavy atom. The van der Waals surface area contributed by atoms with Gasteiger partial charge in [-0.1, -0.05) is 15.9 Å². The van der Waals surface area contributed by atoms with Gasteiger partial charge < -0.3 is 10.8 Å². The fourth-order valence-electron chi connectivity index (χ4n) is 1.23. The zero-order chi connectivity index (χ0) is 12.5. The molecule has 2 nitrogen and oxygen atoms in total. The van der Waals surface area contributed by atoms with Crippen LogP contribution in [-0.2, 0) is 0 Å². The van der Waals surface area contributed by atoms with E-state index in [1.165, 1.54) is 12.1 Å². The van der Waals surface area contributed by atoms with Crippen molar-refractivity contribution in [3.63, 3.8) is 0 Å². The molecule has 0 aliphatic heterocycles. The number of phenolic OH excluding ortho intramolecular Hbond substituents is 1. The van der Waals surface area contributed by atoms with Crippen molar-refractivity contribution in [3.8, 4) is 5.75 Å². The van der Waals surface area contributed by atoms with Crippen LogP contribution in [-0.4, -0.2) is 11.3 Å². The smallest absolute Gasteiger partial charge is 0.390 e. The molecule has 0 aromatic heterocycles. The molecule has 0 heterocycles. The molecule has 1 aromatic rings. The van der Waals surface area contributed by atoms with Crippen molar-refractivity contribution < 1.29 is 18.3 Å². The average Bonchev–Trinajstić information content (AvgIpc) is 2.08. The van der Waals surface area contributed by atoms with Crippen molar-refractivity contribution >= 4 is 31.9 Å². The summed E-state index contributed by atoms with van der Waals surface area (Å²) in [4.78, 5) is 0. The second-order valence-electron chi connectivity index (χ2n) is 3.25. The van der Waals surface area contributed by atoms with Gasteiger partial charge in [-0.25, -0.2) is 0 Å². The molecule has 3 N–H and O–H groups in total. The summed E-state index contributed by atoms with van der Waals surface area (Å²) >= 11 is 6.15. The molecule has 1 rings (SSSR count). The van der Waals surface area contributed by atoms with Gasteiger partial charge in [-0.3, -0.25) is 0 Å². The van der Waals surface area contributed by atoms with Gasteiger partial charge in [-0.2, -0.15) is 13.2 Å². The van der Waals surface area contributed by atoms with Crippen LogP contribution in [0.4, 0.5) is 13.2 Å². The fraction of sp³-hybridized carbons (Fsp3) is 0.333. The third-order valence-electron chi connectivity index (χ3n) is 1.91. The second-order valence-corrected chi connectivity index (χ2v) is 5.02. The minimum absolute atomic E-state index is 0.0542. The zero-order valence-corrected chi connectivity index (χ0v) is 11.0. The number of hydrogen-bond donors (Lipinski definition) is 2. The summed E-state index contributed by atoms with van der Waals surface area (Å²) in [6, 6.07) is 1.61. The van der Waals surface area contributed by atoms with Gasteiger partial charge >= 0.3 is 6.18 Å². The Morgan fingerprint density at radius 1 is 1.31 bits per heavy atom. The predicted molar refractivity (Wildman–Crippen MR) is 61.1 cm³/mol. The lowest BCUT2D eigenvalue weighted by Crippen LogP contribution is -2.20. The van der Waals surface area contributed by atoms with Crippen molar-refractivity contribution in [2.75, 3.05) is 0 Å². The molecule has 0 radical (unpaired) electrons. The van der Waals surface area contributed by atoms with E-state index in [1.807, 2.05) is 0 Å². The molecule has 90 valence electrons. The Balaban J connectivity index is 3.04. The summed E-state index contributed by atoms with van der Waals surface area (Å²) in [7, 11) is 0. The Bertz CT molecular complexity index is 395. The summed E-state index contributed by atoms with van der Waals surface area (Å²) in [5.74, 6) is -0.264.